The molecule has 25 heavy (non-hydrogen) atoms. The molecule has 0 radical (unpaired) electrons. The molecule has 2 aliphatic heterocycles. The number of imide groups is 1. The summed E-state index contributed by atoms with van der Waals surface area (Å²) in [6, 6.07) is 5.10. The number of halogens is 1. The predicted molar refractivity (Wildman–Crippen MR) is 89.3 cm³/mol. The summed E-state index contributed by atoms with van der Waals surface area (Å²) in [7, 11) is 0. The van der Waals surface area contributed by atoms with Crippen LogP contribution in [0.5, 0.6) is 0 Å². The van der Waals surface area contributed by atoms with Crippen LogP contribution >= 0.6 is 0 Å². The molecule has 2 aliphatic rings. The number of rotatable bonds is 4. The minimum absolute atomic E-state index is 0.0169. The maximum Gasteiger partial charge on any atom is 0.251 e. The molecule has 7 heteroatoms. The molecule has 0 saturated carbocycles. The molecule has 3 amide bonds. The first-order valence-corrected chi connectivity index (χ1v) is 8.64. The van der Waals surface area contributed by atoms with E-state index in [0.717, 1.165) is 12.8 Å². The Morgan fingerprint density at radius 1 is 1.20 bits per heavy atom. The van der Waals surface area contributed by atoms with E-state index < -0.39 is 0 Å². The summed E-state index contributed by atoms with van der Waals surface area (Å²) in [5.74, 6) is -0.810. The highest BCUT2D eigenvalue weighted by molar-refractivity contribution is 6.05. The molecule has 6 nitrogen and oxygen atoms in total. The van der Waals surface area contributed by atoms with Crippen molar-refractivity contribution in [3.63, 3.8) is 0 Å². The average molecular weight is 347 g/mol. The summed E-state index contributed by atoms with van der Waals surface area (Å²) in [6.07, 6.45) is 1.69. The Bertz CT molecular complexity index is 669. The van der Waals surface area contributed by atoms with Crippen molar-refractivity contribution < 1.29 is 18.8 Å². The number of likely N-dealkylation sites (N-methyl/N-ethyl adjacent to an activating group) is 1. The normalized spacial score (nSPS) is 22.5. The summed E-state index contributed by atoms with van der Waals surface area (Å²) >= 11 is 0. The van der Waals surface area contributed by atoms with Gasteiger partial charge in [0.1, 0.15) is 5.82 Å². The molecule has 2 fully saturated rings. The molecule has 3 rings (SSSR count). The largest absolute Gasteiger partial charge is 0.349 e. The number of hydrogen-bond donors (Lipinski definition) is 1. The number of benzene rings is 1. The second kappa shape index (κ2) is 7.31. The lowest BCUT2D eigenvalue weighted by atomic mass is 10.0. The monoisotopic (exact) mass is 347 g/mol. The van der Waals surface area contributed by atoms with Crippen molar-refractivity contribution in [1.29, 1.82) is 0 Å². The van der Waals surface area contributed by atoms with Gasteiger partial charge in [-0.2, -0.15) is 0 Å². The number of likely N-dealkylation sites (tertiary alicyclic amines) is 2. The molecular weight excluding hydrogens is 325 g/mol. The second-order valence-corrected chi connectivity index (χ2v) is 6.49. The predicted octanol–water partition coefficient (Wildman–Crippen LogP) is 1.17. The van der Waals surface area contributed by atoms with E-state index in [-0.39, 0.29) is 42.0 Å². The van der Waals surface area contributed by atoms with Crippen molar-refractivity contribution in [1.82, 2.24) is 15.1 Å². The summed E-state index contributed by atoms with van der Waals surface area (Å²) in [5.41, 5.74) is 0.430. The lowest BCUT2D eigenvalue weighted by Gasteiger charge is -2.35. The fourth-order valence-corrected chi connectivity index (χ4v) is 3.51. The van der Waals surface area contributed by atoms with E-state index in [9.17, 15) is 18.8 Å². The van der Waals surface area contributed by atoms with Crippen molar-refractivity contribution in [2.75, 3.05) is 19.6 Å². The summed E-state index contributed by atoms with van der Waals surface area (Å²) in [6.45, 7) is 3.54. The Hall–Kier alpha value is -2.28. The van der Waals surface area contributed by atoms with Crippen molar-refractivity contribution in [2.45, 2.75) is 38.3 Å². The number of nitrogens with one attached hydrogen (secondary N) is 1. The highest BCUT2D eigenvalue weighted by Crippen LogP contribution is 2.22. The van der Waals surface area contributed by atoms with Crippen molar-refractivity contribution in [3.8, 4) is 0 Å². The third-order valence-corrected chi connectivity index (χ3v) is 4.95. The zero-order chi connectivity index (χ0) is 18.0. The van der Waals surface area contributed by atoms with Gasteiger partial charge >= 0.3 is 0 Å². The Morgan fingerprint density at radius 3 is 2.40 bits per heavy atom. The Kier molecular flexibility index (Phi) is 5.13. The van der Waals surface area contributed by atoms with Crippen LogP contribution in [0.4, 0.5) is 4.39 Å². The van der Waals surface area contributed by atoms with E-state index in [4.69, 9.17) is 0 Å². The molecule has 1 aromatic rings. The van der Waals surface area contributed by atoms with E-state index in [1.165, 1.54) is 29.2 Å². The molecule has 0 unspecified atom stereocenters. The molecule has 2 heterocycles. The molecule has 1 N–H and O–H groups in total. The van der Waals surface area contributed by atoms with E-state index in [1.807, 2.05) is 4.90 Å². The zero-order valence-corrected chi connectivity index (χ0v) is 14.2. The zero-order valence-electron chi connectivity index (χ0n) is 14.2. The van der Waals surface area contributed by atoms with Crippen LogP contribution < -0.4 is 5.32 Å². The minimum atomic E-state index is -0.373. The molecule has 1 atom stereocenters. The third kappa shape index (κ3) is 3.71. The second-order valence-electron chi connectivity index (χ2n) is 6.49. The van der Waals surface area contributed by atoms with Crippen LogP contribution in [-0.4, -0.2) is 59.2 Å². The van der Waals surface area contributed by atoms with E-state index in [1.54, 1.807) is 6.92 Å². The Balaban J connectivity index is 1.52. The van der Waals surface area contributed by atoms with Crippen molar-refractivity contribution in [3.05, 3.63) is 35.6 Å². The molecule has 1 aromatic carbocycles. The van der Waals surface area contributed by atoms with E-state index >= 15 is 0 Å². The van der Waals surface area contributed by atoms with Gasteiger partial charge in [-0.05, 0) is 44.0 Å². The summed E-state index contributed by atoms with van der Waals surface area (Å²) in [5, 5.41) is 2.96. The van der Waals surface area contributed by atoms with Crippen LogP contribution in [-0.2, 0) is 9.59 Å². The van der Waals surface area contributed by atoms with Gasteiger partial charge in [0, 0.05) is 31.2 Å². The van der Waals surface area contributed by atoms with Crippen LogP contribution in [0.1, 0.15) is 36.5 Å². The molecular formula is C18H22FN3O3. The van der Waals surface area contributed by atoms with Crippen LogP contribution in [0.2, 0.25) is 0 Å². The maximum absolute atomic E-state index is 12.9. The van der Waals surface area contributed by atoms with Gasteiger partial charge in [-0.3, -0.25) is 24.2 Å². The quantitative estimate of drug-likeness (QED) is 0.830. The molecule has 0 aromatic heterocycles. The number of piperidine rings is 1. The summed E-state index contributed by atoms with van der Waals surface area (Å²) in [4.78, 5) is 39.7. The highest BCUT2D eigenvalue weighted by Gasteiger charge is 2.41. The topological polar surface area (TPSA) is 69.7 Å². The van der Waals surface area contributed by atoms with Crippen molar-refractivity contribution >= 4 is 17.7 Å². The number of carbonyl (C=O) groups excluding carboxylic acids is 3. The molecule has 0 spiro atoms. The van der Waals surface area contributed by atoms with Crippen molar-refractivity contribution in [2.24, 2.45) is 0 Å². The summed E-state index contributed by atoms with van der Waals surface area (Å²) < 4.78 is 12.9. The number of amides is 3. The van der Waals surface area contributed by atoms with Crippen LogP contribution in [0.15, 0.2) is 24.3 Å². The molecule has 2 saturated heterocycles. The maximum atomic E-state index is 12.9. The average Bonchev–Trinajstić information content (AvgIpc) is 2.90. The highest BCUT2D eigenvalue weighted by atomic mass is 19.1. The van der Waals surface area contributed by atoms with E-state index in [2.05, 4.69) is 5.32 Å². The third-order valence-electron chi connectivity index (χ3n) is 4.95. The number of carbonyl (C=O) groups is 3. The van der Waals surface area contributed by atoms with E-state index in [0.29, 0.717) is 25.2 Å². The SMILES string of the molecule is CCN1C(=O)C[C@H](N2CCC(NC(=O)c3ccc(F)cc3)CC2)C1=O. The van der Waals surface area contributed by atoms with Gasteiger partial charge in [0.05, 0.1) is 12.5 Å². The molecule has 0 aliphatic carbocycles. The van der Waals surface area contributed by atoms with Crippen LogP contribution in [0.3, 0.4) is 0 Å². The van der Waals surface area contributed by atoms with Gasteiger partial charge < -0.3 is 5.32 Å². The molecule has 134 valence electrons. The fourth-order valence-electron chi connectivity index (χ4n) is 3.51. The first-order valence-electron chi connectivity index (χ1n) is 8.64. The Labute approximate surface area is 146 Å². The lowest BCUT2D eigenvalue weighted by molar-refractivity contribution is -0.139. The van der Waals surface area contributed by atoms with Gasteiger partial charge in [0.2, 0.25) is 11.8 Å². The number of hydrogen-bond acceptors (Lipinski definition) is 4. The van der Waals surface area contributed by atoms with Crippen LogP contribution in [0, 0.1) is 5.82 Å². The molecule has 0 bridgehead atoms. The Morgan fingerprint density at radius 2 is 1.84 bits per heavy atom. The first kappa shape index (κ1) is 17.5. The van der Waals surface area contributed by atoms with Gasteiger partial charge in [-0.15, -0.1) is 0 Å². The smallest absolute Gasteiger partial charge is 0.251 e. The minimum Gasteiger partial charge on any atom is -0.349 e. The van der Waals surface area contributed by atoms with Crippen LogP contribution in [0.25, 0.3) is 0 Å². The van der Waals surface area contributed by atoms with Gasteiger partial charge in [0.25, 0.3) is 5.91 Å². The fraction of sp³-hybridized carbons (Fsp3) is 0.500. The number of nitrogens with zero attached hydrogens (tertiary/aromatic N) is 2. The lowest BCUT2D eigenvalue weighted by Crippen LogP contribution is -2.50. The van der Waals surface area contributed by atoms with Gasteiger partial charge in [0.15, 0.2) is 0 Å². The van der Waals surface area contributed by atoms with Gasteiger partial charge in [-0.25, -0.2) is 4.39 Å². The standard InChI is InChI=1S/C18H22FN3O3/c1-2-22-16(23)11-15(18(22)25)21-9-7-14(8-10-21)20-17(24)12-3-5-13(19)6-4-12/h3-6,14-15H,2,7-11H2,1H3,(H,20,24)/t15-/m0/s1. The first-order chi connectivity index (χ1) is 12.0. The van der Waals surface area contributed by atoms with Gasteiger partial charge in [-0.1, -0.05) is 0 Å².